The summed E-state index contributed by atoms with van der Waals surface area (Å²) in [4.78, 5) is 12.7. The normalized spacial score (nSPS) is 25.7. The highest BCUT2D eigenvalue weighted by Gasteiger charge is 2.38. The summed E-state index contributed by atoms with van der Waals surface area (Å²) in [5, 5.41) is 20.1. The van der Waals surface area contributed by atoms with E-state index in [-0.39, 0.29) is 12.3 Å². The maximum absolute atomic E-state index is 10.8. The van der Waals surface area contributed by atoms with Crippen LogP contribution in [-0.4, -0.2) is 22.6 Å². The summed E-state index contributed by atoms with van der Waals surface area (Å²) in [6, 6.07) is 5.66. The third-order valence-corrected chi connectivity index (χ3v) is 4.17. The van der Waals surface area contributed by atoms with Crippen molar-refractivity contribution in [1.82, 2.24) is 0 Å². The number of aliphatic hydroxyl groups excluding tert-OH is 1. The number of nitro benzene ring substituents is 1. The predicted octanol–water partition coefficient (Wildman–Crippen LogP) is 2.08. The summed E-state index contributed by atoms with van der Waals surface area (Å²) in [7, 11) is 0. The molecule has 18 heavy (non-hydrogen) atoms. The van der Waals surface area contributed by atoms with E-state index in [2.05, 4.69) is 4.90 Å². The SMILES string of the molecule is O=[N+]([O-])c1ccc(N2CC3CCC2C3)cc1CO. The van der Waals surface area contributed by atoms with E-state index in [1.54, 1.807) is 12.1 Å². The molecule has 5 heteroatoms. The van der Waals surface area contributed by atoms with Crippen molar-refractivity contribution in [2.75, 3.05) is 11.4 Å². The number of benzene rings is 1. The molecule has 1 aliphatic heterocycles. The van der Waals surface area contributed by atoms with Gasteiger partial charge in [0.25, 0.3) is 5.69 Å². The Labute approximate surface area is 105 Å². The minimum Gasteiger partial charge on any atom is -0.391 e. The van der Waals surface area contributed by atoms with Crippen molar-refractivity contribution in [2.24, 2.45) is 5.92 Å². The average molecular weight is 248 g/mol. The molecule has 2 bridgehead atoms. The monoisotopic (exact) mass is 248 g/mol. The third-order valence-electron chi connectivity index (χ3n) is 4.17. The highest BCUT2D eigenvalue weighted by molar-refractivity contribution is 5.57. The van der Waals surface area contributed by atoms with Crippen LogP contribution < -0.4 is 4.90 Å². The standard InChI is InChI=1S/C13H16N2O3/c16-8-10-6-12(3-4-13(10)15(17)18)14-7-9-1-2-11(14)5-9/h3-4,6,9,11,16H,1-2,5,7-8H2. The first-order chi connectivity index (χ1) is 8.69. The van der Waals surface area contributed by atoms with Crippen molar-refractivity contribution in [3.8, 4) is 0 Å². The topological polar surface area (TPSA) is 66.6 Å². The van der Waals surface area contributed by atoms with Crippen LogP contribution in [-0.2, 0) is 6.61 Å². The zero-order valence-corrected chi connectivity index (χ0v) is 10.1. The fourth-order valence-corrected chi connectivity index (χ4v) is 3.30. The van der Waals surface area contributed by atoms with Gasteiger partial charge in [0.1, 0.15) is 0 Å². The number of nitro groups is 1. The zero-order valence-electron chi connectivity index (χ0n) is 10.1. The van der Waals surface area contributed by atoms with E-state index in [0.717, 1.165) is 18.2 Å². The number of aliphatic hydroxyl groups is 1. The lowest BCUT2D eigenvalue weighted by Gasteiger charge is -2.29. The summed E-state index contributed by atoms with van der Waals surface area (Å²) < 4.78 is 0. The molecule has 1 saturated carbocycles. The van der Waals surface area contributed by atoms with Crippen molar-refractivity contribution in [2.45, 2.75) is 31.9 Å². The molecule has 1 heterocycles. The van der Waals surface area contributed by atoms with Crippen molar-refractivity contribution in [1.29, 1.82) is 0 Å². The van der Waals surface area contributed by atoms with Gasteiger partial charge in [0.2, 0.25) is 0 Å². The van der Waals surface area contributed by atoms with E-state index in [1.807, 2.05) is 0 Å². The number of anilines is 1. The van der Waals surface area contributed by atoms with Crippen molar-refractivity contribution in [3.63, 3.8) is 0 Å². The van der Waals surface area contributed by atoms with Gasteiger partial charge >= 0.3 is 0 Å². The Morgan fingerprint density at radius 1 is 1.44 bits per heavy atom. The molecule has 1 N–H and O–H groups in total. The first-order valence-corrected chi connectivity index (χ1v) is 6.34. The summed E-state index contributed by atoms with van der Waals surface area (Å²) in [6.07, 6.45) is 3.77. The minimum atomic E-state index is -0.439. The molecule has 3 rings (SSSR count). The van der Waals surface area contributed by atoms with Gasteiger partial charge < -0.3 is 10.0 Å². The summed E-state index contributed by atoms with van der Waals surface area (Å²) in [5.41, 5.74) is 1.42. The molecule has 0 spiro atoms. The van der Waals surface area contributed by atoms with Gasteiger partial charge in [0.15, 0.2) is 0 Å². The summed E-state index contributed by atoms with van der Waals surface area (Å²) in [6.45, 7) is 0.763. The quantitative estimate of drug-likeness (QED) is 0.657. The van der Waals surface area contributed by atoms with Crippen LogP contribution in [0.2, 0.25) is 0 Å². The Balaban J connectivity index is 1.92. The summed E-state index contributed by atoms with van der Waals surface area (Å²) in [5.74, 6) is 0.780. The van der Waals surface area contributed by atoms with Crippen LogP contribution in [0.4, 0.5) is 11.4 Å². The van der Waals surface area contributed by atoms with Gasteiger partial charge in [-0.05, 0) is 37.3 Å². The van der Waals surface area contributed by atoms with Crippen LogP contribution in [0.5, 0.6) is 0 Å². The average Bonchev–Trinajstić information content (AvgIpc) is 3.00. The Hall–Kier alpha value is -1.62. The first kappa shape index (κ1) is 11.5. The molecule has 96 valence electrons. The molecular weight excluding hydrogens is 232 g/mol. The predicted molar refractivity (Wildman–Crippen MR) is 67.5 cm³/mol. The number of hydrogen-bond donors (Lipinski definition) is 1. The Morgan fingerprint density at radius 2 is 2.28 bits per heavy atom. The lowest BCUT2D eigenvalue weighted by Crippen LogP contribution is -2.31. The van der Waals surface area contributed by atoms with Gasteiger partial charge in [-0.1, -0.05) is 0 Å². The van der Waals surface area contributed by atoms with Gasteiger partial charge in [0, 0.05) is 24.3 Å². The van der Waals surface area contributed by atoms with Gasteiger partial charge in [0.05, 0.1) is 17.1 Å². The lowest BCUT2D eigenvalue weighted by atomic mass is 10.1. The molecule has 5 nitrogen and oxygen atoms in total. The maximum Gasteiger partial charge on any atom is 0.275 e. The molecule has 2 aliphatic rings. The Morgan fingerprint density at radius 3 is 2.83 bits per heavy atom. The molecule has 0 aromatic heterocycles. The van der Waals surface area contributed by atoms with Crippen LogP contribution >= 0.6 is 0 Å². The zero-order chi connectivity index (χ0) is 12.7. The fourth-order valence-electron chi connectivity index (χ4n) is 3.30. The van der Waals surface area contributed by atoms with E-state index in [9.17, 15) is 15.2 Å². The van der Waals surface area contributed by atoms with Crippen LogP contribution in [0.15, 0.2) is 18.2 Å². The van der Waals surface area contributed by atoms with Crippen LogP contribution in [0, 0.1) is 16.0 Å². The van der Waals surface area contributed by atoms with E-state index in [0.29, 0.717) is 11.6 Å². The minimum absolute atomic E-state index is 0.00519. The van der Waals surface area contributed by atoms with Crippen LogP contribution in [0.1, 0.15) is 24.8 Å². The molecular formula is C13H16N2O3. The lowest BCUT2D eigenvalue weighted by molar-refractivity contribution is -0.385. The number of rotatable bonds is 3. The molecule has 0 radical (unpaired) electrons. The molecule has 1 aliphatic carbocycles. The molecule has 0 amide bonds. The van der Waals surface area contributed by atoms with E-state index >= 15 is 0 Å². The molecule has 2 fully saturated rings. The number of piperidine rings is 1. The van der Waals surface area contributed by atoms with Crippen molar-refractivity contribution < 1.29 is 10.0 Å². The van der Waals surface area contributed by atoms with Gasteiger partial charge in [-0.2, -0.15) is 0 Å². The second kappa shape index (κ2) is 4.24. The van der Waals surface area contributed by atoms with Crippen LogP contribution in [0.3, 0.4) is 0 Å². The highest BCUT2D eigenvalue weighted by Crippen LogP contribution is 2.40. The third kappa shape index (κ3) is 1.75. The van der Waals surface area contributed by atoms with Crippen molar-refractivity contribution >= 4 is 11.4 Å². The van der Waals surface area contributed by atoms with Gasteiger partial charge in [-0.15, -0.1) is 0 Å². The number of nitrogens with zero attached hydrogens (tertiary/aromatic N) is 2. The van der Waals surface area contributed by atoms with Crippen molar-refractivity contribution in [3.05, 3.63) is 33.9 Å². The second-order valence-corrected chi connectivity index (χ2v) is 5.21. The number of fused-ring (bicyclic) bond motifs is 2. The molecule has 1 aromatic carbocycles. The Kier molecular flexibility index (Phi) is 2.70. The van der Waals surface area contributed by atoms with Gasteiger partial charge in [-0.3, -0.25) is 10.1 Å². The molecule has 1 aromatic rings. The smallest absolute Gasteiger partial charge is 0.275 e. The largest absolute Gasteiger partial charge is 0.391 e. The number of hydrogen-bond acceptors (Lipinski definition) is 4. The van der Waals surface area contributed by atoms with E-state index in [1.165, 1.54) is 25.3 Å². The second-order valence-electron chi connectivity index (χ2n) is 5.21. The fraction of sp³-hybridized carbons (Fsp3) is 0.538. The molecule has 2 atom stereocenters. The van der Waals surface area contributed by atoms with E-state index < -0.39 is 4.92 Å². The molecule has 2 unspecified atom stereocenters. The first-order valence-electron chi connectivity index (χ1n) is 6.34. The maximum atomic E-state index is 10.8. The Bertz CT molecular complexity index is 489. The van der Waals surface area contributed by atoms with Crippen LogP contribution in [0.25, 0.3) is 0 Å². The van der Waals surface area contributed by atoms with E-state index in [4.69, 9.17) is 0 Å². The highest BCUT2D eigenvalue weighted by atomic mass is 16.6. The summed E-state index contributed by atoms with van der Waals surface area (Å²) >= 11 is 0. The molecule has 1 saturated heterocycles. The van der Waals surface area contributed by atoms with Gasteiger partial charge in [-0.25, -0.2) is 0 Å².